The highest BCUT2D eigenvalue weighted by Gasteiger charge is 2.09. The SMILES string of the molecule is CCCNCc1ccoc1CN(C)Cc1cccc(Cl)c1. The third-order valence-corrected chi connectivity index (χ3v) is 3.57. The maximum Gasteiger partial charge on any atom is 0.122 e. The van der Waals surface area contributed by atoms with Gasteiger partial charge in [0, 0.05) is 23.7 Å². The summed E-state index contributed by atoms with van der Waals surface area (Å²) in [5, 5.41) is 4.19. The topological polar surface area (TPSA) is 28.4 Å². The first-order chi connectivity index (χ1) is 10.2. The number of rotatable bonds is 8. The second kappa shape index (κ2) is 8.23. The summed E-state index contributed by atoms with van der Waals surface area (Å²) < 4.78 is 5.62. The molecule has 3 nitrogen and oxygen atoms in total. The predicted molar refractivity (Wildman–Crippen MR) is 87.3 cm³/mol. The number of nitrogens with zero attached hydrogens (tertiary/aromatic N) is 1. The summed E-state index contributed by atoms with van der Waals surface area (Å²) in [6.45, 7) is 5.71. The quantitative estimate of drug-likeness (QED) is 0.745. The van der Waals surface area contributed by atoms with Crippen molar-refractivity contribution in [2.45, 2.75) is 33.0 Å². The molecule has 1 aromatic heterocycles. The van der Waals surface area contributed by atoms with E-state index in [1.165, 1.54) is 11.1 Å². The minimum absolute atomic E-state index is 0.781. The Hall–Kier alpha value is -1.29. The van der Waals surface area contributed by atoms with Gasteiger partial charge in [-0.15, -0.1) is 0 Å². The van der Waals surface area contributed by atoms with Crippen molar-refractivity contribution in [1.82, 2.24) is 10.2 Å². The minimum atomic E-state index is 0.781. The molecule has 0 aliphatic rings. The van der Waals surface area contributed by atoms with Crippen molar-refractivity contribution in [3.8, 4) is 0 Å². The van der Waals surface area contributed by atoms with Crippen LogP contribution >= 0.6 is 11.6 Å². The van der Waals surface area contributed by atoms with Gasteiger partial charge in [0.05, 0.1) is 12.8 Å². The number of benzene rings is 1. The molecular formula is C17H23ClN2O. The third-order valence-electron chi connectivity index (χ3n) is 3.33. The first-order valence-electron chi connectivity index (χ1n) is 7.38. The summed E-state index contributed by atoms with van der Waals surface area (Å²) >= 11 is 6.02. The van der Waals surface area contributed by atoms with E-state index in [0.717, 1.165) is 43.4 Å². The van der Waals surface area contributed by atoms with Crippen LogP contribution in [0.3, 0.4) is 0 Å². The zero-order valence-electron chi connectivity index (χ0n) is 12.7. The molecule has 0 aliphatic carbocycles. The summed E-state index contributed by atoms with van der Waals surface area (Å²) in [5.74, 6) is 1.03. The lowest BCUT2D eigenvalue weighted by Crippen LogP contribution is -2.19. The van der Waals surface area contributed by atoms with E-state index in [4.69, 9.17) is 16.0 Å². The van der Waals surface area contributed by atoms with E-state index < -0.39 is 0 Å². The first kappa shape index (κ1) is 16.1. The van der Waals surface area contributed by atoms with Crippen LogP contribution in [-0.2, 0) is 19.6 Å². The summed E-state index contributed by atoms with van der Waals surface area (Å²) in [4.78, 5) is 2.23. The van der Waals surface area contributed by atoms with Crippen LogP contribution in [0.4, 0.5) is 0 Å². The maximum absolute atomic E-state index is 6.02. The molecule has 0 fully saturated rings. The molecule has 114 valence electrons. The molecule has 0 spiro atoms. The Kier molecular flexibility index (Phi) is 6.30. The minimum Gasteiger partial charge on any atom is -0.468 e. The number of halogens is 1. The lowest BCUT2D eigenvalue weighted by Gasteiger charge is -2.16. The van der Waals surface area contributed by atoms with Gasteiger partial charge in [-0.25, -0.2) is 0 Å². The number of furan rings is 1. The highest BCUT2D eigenvalue weighted by atomic mass is 35.5. The van der Waals surface area contributed by atoms with E-state index in [2.05, 4.69) is 30.3 Å². The van der Waals surface area contributed by atoms with Gasteiger partial charge in [0.2, 0.25) is 0 Å². The lowest BCUT2D eigenvalue weighted by molar-refractivity contribution is 0.286. The third kappa shape index (κ3) is 5.20. The average molecular weight is 307 g/mol. The summed E-state index contributed by atoms with van der Waals surface area (Å²) in [6.07, 6.45) is 2.91. The van der Waals surface area contributed by atoms with E-state index in [1.807, 2.05) is 24.3 Å². The predicted octanol–water partition coefficient (Wildman–Crippen LogP) is 4.06. The fraction of sp³-hybridized carbons (Fsp3) is 0.412. The molecule has 0 unspecified atom stereocenters. The molecule has 2 aromatic rings. The molecular weight excluding hydrogens is 284 g/mol. The van der Waals surface area contributed by atoms with E-state index >= 15 is 0 Å². The normalized spacial score (nSPS) is 11.2. The molecule has 0 saturated carbocycles. The summed E-state index contributed by atoms with van der Waals surface area (Å²) in [5.41, 5.74) is 2.45. The number of nitrogens with one attached hydrogen (secondary N) is 1. The van der Waals surface area contributed by atoms with Crippen LogP contribution < -0.4 is 5.32 Å². The Morgan fingerprint density at radius 1 is 1.24 bits per heavy atom. The van der Waals surface area contributed by atoms with Crippen molar-refractivity contribution >= 4 is 11.6 Å². The zero-order valence-corrected chi connectivity index (χ0v) is 13.5. The van der Waals surface area contributed by atoms with Gasteiger partial charge in [0.15, 0.2) is 0 Å². The van der Waals surface area contributed by atoms with Gasteiger partial charge in [-0.3, -0.25) is 4.90 Å². The Balaban J connectivity index is 1.90. The van der Waals surface area contributed by atoms with Crippen LogP contribution in [0.2, 0.25) is 5.02 Å². The Morgan fingerprint density at radius 3 is 2.86 bits per heavy atom. The average Bonchev–Trinajstić information content (AvgIpc) is 2.86. The fourth-order valence-electron chi connectivity index (χ4n) is 2.31. The molecule has 0 bridgehead atoms. The lowest BCUT2D eigenvalue weighted by atomic mass is 10.2. The van der Waals surface area contributed by atoms with Gasteiger partial charge < -0.3 is 9.73 Å². The van der Waals surface area contributed by atoms with Crippen LogP contribution in [0, 0.1) is 0 Å². The number of hydrogen-bond acceptors (Lipinski definition) is 3. The molecule has 0 atom stereocenters. The molecule has 21 heavy (non-hydrogen) atoms. The zero-order chi connectivity index (χ0) is 15.1. The highest BCUT2D eigenvalue weighted by Crippen LogP contribution is 2.16. The largest absolute Gasteiger partial charge is 0.468 e. The van der Waals surface area contributed by atoms with Gasteiger partial charge in [-0.1, -0.05) is 30.7 Å². The van der Waals surface area contributed by atoms with E-state index in [9.17, 15) is 0 Å². The van der Waals surface area contributed by atoms with Crippen LogP contribution in [0.15, 0.2) is 41.0 Å². The van der Waals surface area contributed by atoms with Crippen molar-refractivity contribution in [2.75, 3.05) is 13.6 Å². The van der Waals surface area contributed by atoms with Gasteiger partial charge in [0.1, 0.15) is 5.76 Å². The molecule has 0 aliphatic heterocycles. The van der Waals surface area contributed by atoms with Crippen LogP contribution in [-0.4, -0.2) is 18.5 Å². The van der Waals surface area contributed by atoms with Crippen molar-refractivity contribution in [3.05, 3.63) is 58.5 Å². The van der Waals surface area contributed by atoms with E-state index in [0.29, 0.717) is 0 Å². The Morgan fingerprint density at radius 2 is 2.10 bits per heavy atom. The standard InChI is InChI=1S/C17H23ClN2O/c1-3-8-19-11-15-7-9-21-17(15)13-20(2)12-14-5-4-6-16(18)10-14/h4-7,9-10,19H,3,8,11-13H2,1-2H3. The first-order valence-corrected chi connectivity index (χ1v) is 7.75. The summed E-state index contributed by atoms with van der Waals surface area (Å²) in [6, 6.07) is 10.0. The monoisotopic (exact) mass is 306 g/mol. The molecule has 1 N–H and O–H groups in total. The van der Waals surface area contributed by atoms with Crippen molar-refractivity contribution in [3.63, 3.8) is 0 Å². The second-order valence-electron chi connectivity index (χ2n) is 5.35. The van der Waals surface area contributed by atoms with Gasteiger partial charge in [-0.2, -0.15) is 0 Å². The van der Waals surface area contributed by atoms with Gasteiger partial charge in [0.25, 0.3) is 0 Å². The highest BCUT2D eigenvalue weighted by molar-refractivity contribution is 6.30. The van der Waals surface area contributed by atoms with Gasteiger partial charge in [-0.05, 0) is 43.8 Å². The van der Waals surface area contributed by atoms with Crippen molar-refractivity contribution < 1.29 is 4.42 Å². The van der Waals surface area contributed by atoms with Crippen molar-refractivity contribution in [2.24, 2.45) is 0 Å². The smallest absolute Gasteiger partial charge is 0.122 e. The maximum atomic E-state index is 6.02. The van der Waals surface area contributed by atoms with E-state index in [-0.39, 0.29) is 0 Å². The molecule has 4 heteroatoms. The van der Waals surface area contributed by atoms with E-state index in [1.54, 1.807) is 6.26 Å². The second-order valence-corrected chi connectivity index (χ2v) is 5.78. The van der Waals surface area contributed by atoms with Crippen molar-refractivity contribution in [1.29, 1.82) is 0 Å². The van der Waals surface area contributed by atoms with Crippen LogP contribution in [0.25, 0.3) is 0 Å². The number of hydrogen-bond donors (Lipinski definition) is 1. The van der Waals surface area contributed by atoms with Crippen LogP contribution in [0.5, 0.6) is 0 Å². The molecule has 0 radical (unpaired) electrons. The molecule has 0 saturated heterocycles. The molecule has 2 rings (SSSR count). The Bertz CT molecular complexity index is 553. The fourth-order valence-corrected chi connectivity index (χ4v) is 2.52. The summed E-state index contributed by atoms with van der Waals surface area (Å²) in [7, 11) is 2.09. The molecule has 0 amide bonds. The molecule has 1 aromatic carbocycles. The van der Waals surface area contributed by atoms with Gasteiger partial charge >= 0.3 is 0 Å². The molecule has 1 heterocycles. The Labute approximate surface area is 131 Å². The van der Waals surface area contributed by atoms with Crippen LogP contribution in [0.1, 0.15) is 30.2 Å².